The largest absolute Gasteiger partial charge is 0.496 e. The van der Waals surface area contributed by atoms with E-state index in [1.165, 1.54) is 78.0 Å². The molecule has 3 aromatic carbocycles. The Labute approximate surface area is 223 Å². The molecule has 0 saturated heterocycles. The van der Waals surface area contributed by atoms with Gasteiger partial charge in [-0.15, -0.1) is 0 Å². The van der Waals surface area contributed by atoms with Crippen molar-refractivity contribution in [2.24, 2.45) is 0 Å². The molecule has 4 aromatic rings. The van der Waals surface area contributed by atoms with Gasteiger partial charge in [0.1, 0.15) is 27.4 Å². The number of ether oxygens (including phenoxy) is 5. The van der Waals surface area contributed by atoms with Crippen LogP contribution in [-0.4, -0.2) is 44.0 Å². The number of halogens is 1. The van der Waals surface area contributed by atoms with Crippen molar-refractivity contribution in [3.63, 3.8) is 0 Å². The van der Waals surface area contributed by atoms with E-state index in [4.69, 9.17) is 43.9 Å². The molecule has 12 heteroatoms. The summed E-state index contributed by atoms with van der Waals surface area (Å²) in [6, 6.07) is 11.6. The highest BCUT2D eigenvalue weighted by Crippen LogP contribution is 2.44. The van der Waals surface area contributed by atoms with Crippen molar-refractivity contribution in [1.29, 1.82) is 0 Å². The van der Waals surface area contributed by atoms with E-state index in [-0.39, 0.29) is 55.2 Å². The molecule has 0 radical (unpaired) electrons. The molecule has 0 aliphatic heterocycles. The molecule has 0 spiro atoms. The minimum atomic E-state index is -4.59. The summed E-state index contributed by atoms with van der Waals surface area (Å²) in [5, 5.41) is -0.150. The third-order valence-electron chi connectivity index (χ3n) is 5.57. The molecular formula is C26H23ClO10S. The van der Waals surface area contributed by atoms with E-state index >= 15 is 0 Å². The van der Waals surface area contributed by atoms with Crippen LogP contribution in [0, 0.1) is 0 Å². The highest BCUT2D eigenvalue weighted by atomic mass is 35.5. The SMILES string of the molecule is COc1cc(OC)c2c(=O)c(OS(=O)(=O)c3ccccc3Cl)c(-c3cc(OC)c(OC)c(OC)c3)oc2c1. The molecule has 1 aromatic heterocycles. The minimum absolute atomic E-state index is 0.0532. The average molecular weight is 563 g/mol. The Bertz CT molecular complexity index is 1650. The Morgan fingerprint density at radius 2 is 1.39 bits per heavy atom. The average Bonchev–Trinajstić information content (AvgIpc) is 2.92. The zero-order valence-electron chi connectivity index (χ0n) is 21.0. The number of rotatable bonds is 9. The lowest BCUT2D eigenvalue weighted by Crippen LogP contribution is -2.17. The molecule has 1 heterocycles. The topological polar surface area (TPSA) is 120 Å². The quantitative estimate of drug-likeness (QED) is 0.260. The Balaban J connectivity index is 2.09. The monoisotopic (exact) mass is 562 g/mol. The van der Waals surface area contributed by atoms with Crippen molar-refractivity contribution < 1.29 is 40.7 Å². The molecule has 200 valence electrons. The first-order valence-corrected chi connectivity index (χ1v) is 12.7. The van der Waals surface area contributed by atoms with Gasteiger partial charge in [0, 0.05) is 17.7 Å². The van der Waals surface area contributed by atoms with E-state index in [2.05, 4.69) is 0 Å². The van der Waals surface area contributed by atoms with Crippen molar-refractivity contribution >= 4 is 32.7 Å². The summed E-state index contributed by atoms with van der Waals surface area (Å²) in [6.07, 6.45) is 0. The van der Waals surface area contributed by atoms with Crippen LogP contribution in [0.25, 0.3) is 22.3 Å². The van der Waals surface area contributed by atoms with Gasteiger partial charge in [-0.25, -0.2) is 0 Å². The second-order valence-electron chi connectivity index (χ2n) is 7.67. The zero-order chi connectivity index (χ0) is 27.6. The highest BCUT2D eigenvalue weighted by Gasteiger charge is 2.29. The lowest BCUT2D eigenvalue weighted by molar-refractivity contribution is 0.324. The van der Waals surface area contributed by atoms with Gasteiger partial charge in [0.15, 0.2) is 17.3 Å². The van der Waals surface area contributed by atoms with Gasteiger partial charge in [-0.1, -0.05) is 23.7 Å². The van der Waals surface area contributed by atoms with Crippen molar-refractivity contribution in [3.8, 4) is 45.8 Å². The van der Waals surface area contributed by atoms with Gasteiger partial charge in [-0.2, -0.15) is 8.42 Å². The molecule has 4 rings (SSSR count). The maximum absolute atomic E-state index is 13.8. The minimum Gasteiger partial charge on any atom is -0.496 e. The number of hydrogen-bond acceptors (Lipinski definition) is 10. The number of methoxy groups -OCH3 is 5. The van der Waals surface area contributed by atoms with Crippen LogP contribution in [0.4, 0.5) is 0 Å². The first kappa shape index (κ1) is 27.0. The maximum Gasteiger partial charge on any atom is 0.340 e. The molecule has 0 unspecified atom stereocenters. The van der Waals surface area contributed by atoms with Crippen molar-refractivity contribution in [1.82, 2.24) is 0 Å². The second kappa shape index (κ2) is 10.7. The summed E-state index contributed by atoms with van der Waals surface area (Å²) >= 11 is 6.12. The fourth-order valence-corrected chi connectivity index (χ4v) is 5.23. The fraction of sp³-hybridized carbons (Fsp3) is 0.192. The standard InChI is InChI=1S/C26H23ClO10S/c1-31-15-12-17(32-2)22-18(13-15)36-24(14-10-19(33-3)25(35-5)20(11-14)34-4)26(23(22)28)37-38(29,30)21-9-7-6-8-16(21)27/h6-13H,1-5H3. The van der Waals surface area contributed by atoms with E-state index < -0.39 is 21.3 Å². The molecular weight excluding hydrogens is 540 g/mol. The predicted octanol–water partition coefficient (Wildman–Crippen LogP) is 4.92. The third-order valence-corrected chi connectivity index (χ3v) is 7.30. The number of hydrogen-bond donors (Lipinski definition) is 0. The number of fused-ring (bicyclic) bond motifs is 1. The molecule has 0 fully saturated rings. The Morgan fingerprint density at radius 1 is 0.763 bits per heavy atom. The lowest BCUT2D eigenvalue weighted by Gasteiger charge is -2.17. The van der Waals surface area contributed by atoms with Gasteiger partial charge in [0.25, 0.3) is 0 Å². The molecule has 0 atom stereocenters. The van der Waals surface area contributed by atoms with E-state index in [0.717, 1.165) is 0 Å². The van der Waals surface area contributed by atoms with Crippen LogP contribution in [-0.2, 0) is 10.1 Å². The normalized spacial score (nSPS) is 11.2. The van der Waals surface area contributed by atoms with Crippen LogP contribution < -0.4 is 33.3 Å². The maximum atomic E-state index is 13.8. The first-order chi connectivity index (χ1) is 18.2. The lowest BCUT2D eigenvalue weighted by atomic mass is 10.1. The van der Waals surface area contributed by atoms with Crippen molar-refractivity contribution in [2.45, 2.75) is 4.90 Å². The smallest absolute Gasteiger partial charge is 0.340 e. The molecule has 0 N–H and O–H groups in total. The molecule has 0 aliphatic rings. The van der Waals surface area contributed by atoms with Crippen molar-refractivity contribution in [3.05, 3.63) is 63.8 Å². The summed E-state index contributed by atoms with van der Waals surface area (Å²) in [7, 11) is 2.45. The summed E-state index contributed by atoms with van der Waals surface area (Å²) in [4.78, 5) is 13.5. The first-order valence-electron chi connectivity index (χ1n) is 10.9. The summed E-state index contributed by atoms with van der Waals surface area (Å²) in [5.41, 5.74) is -0.563. The summed E-state index contributed by atoms with van der Waals surface area (Å²) in [5.74, 6) is 0.301. The highest BCUT2D eigenvalue weighted by molar-refractivity contribution is 7.87. The third kappa shape index (κ3) is 4.77. The molecule has 0 aliphatic carbocycles. The van der Waals surface area contributed by atoms with E-state index in [1.54, 1.807) is 6.07 Å². The van der Waals surface area contributed by atoms with Gasteiger partial charge in [0.05, 0.1) is 40.6 Å². The van der Waals surface area contributed by atoms with Crippen LogP contribution >= 0.6 is 11.6 Å². The van der Waals surface area contributed by atoms with Gasteiger partial charge in [-0.05, 0) is 24.3 Å². The number of benzene rings is 3. The Hall–Kier alpha value is -4.09. The van der Waals surface area contributed by atoms with Crippen LogP contribution in [0.1, 0.15) is 0 Å². The van der Waals surface area contributed by atoms with E-state index in [1.807, 2.05) is 0 Å². The zero-order valence-corrected chi connectivity index (χ0v) is 22.6. The van der Waals surface area contributed by atoms with Crippen LogP contribution in [0.3, 0.4) is 0 Å². The van der Waals surface area contributed by atoms with Gasteiger partial charge < -0.3 is 32.3 Å². The van der Waals surface area contributed by atoms with E-state index in [9.17, 15) is 13.2 Å². The predicted molar refractivity (Wildman–Crippen MR) is 140 cm³/mol. The van der Waals surface area contributed by atoms with Gasteiger partial charge in [0.2, 0.25) is 16.9 Å². The van der Waals surface area contributed by atoms with Gasteiger partial charge in [-0.3, -0.25) is 4.79 Å². The molecule has 38 heavy (non-hydrogen) atoms. The summed E-state index contributed by atoms with van der Waals surface area (Å²) < 4.78 is 65.0. The van der Waals surface area contributed by atoms with Crippen molar-refractivity contribution in [2.75, 3.05) is 35.5 Å². The summed E-state index contributed by atoms with van der Waals surface area (Å²) in [6.45, 7) is 0. The van der Waals surface area contributed by atoms with Crippen LogP contribution in [0.2, 0.25) is 5.02 Å². The Kier molecular flexibility index (Phi) is 7.61. The van der Waals surface area contributed by atoms with Gasteiger partial charge >= 0.3 is 10.1 Å². The fourth-order valence-electron chi connectivity index (χ4n) is 3.80. The molecule has 10 nitrogen and oxygen atoms in total. The Morgan fingerprint density at radius 3 is 1.95 bits per heavy atom. The molecule has 0 saturated carbocycles. The molecule has 0 bridgehead atoms. The van der Waals surface area contributed by atoms with Crippen LogP contribution in [0.15, 0.2) is 62.6 Å². The second-order valence-corrected chi connectivity index (χ2v) is 9.60. The molecule has 0 amide bonds. The van der Waals surface area contributed by atoms with E-state index in [0.29, 0.717) is 5.75 Å². The van der Waals surface area contributed by atoms with Crippen LogP contribution in [0.5, 0.6) is 34.5 Å².